The Kier molecular flexibility index (Phi) is 5.51. The molecule has 1 heterocycles. The Morgan fingerprint density at radius 2 is 2.10 bits per heavy atom. The number of nitrogens with two attached hydrogens (primary N) is 1. The smallest absolute Gasteiger partial charge is 0.407 e. The van der Waals surface area contributed by atoms with E-state index in [1.165, 1.54) is 6.20 Å². The van der Waals surface area contributed by atoms with Gasteiger partial charge in [0.15, 0.2) is 0 Å². The van der Waals surface area contributed by atoms with Crippen LogP contribution in [0.25, 0.3) is 0 Å². The van der Waals surface area contributed by atoms with Crippen molar-refractivity contribution in [3.8, 4) is 0 Å². The summed E-state index contributed by atoms with van der Waals surface area (Å²) in [6, 6.07) is 1.64. The molecule has 21 heavy (non-hydrogen) atoms. The van der Waals surface area contributed by atoms with E-state index in [1.54, 1.807) is 33.8 Å². The second kappa shape index (κ2) is 6.73. The summed E-state index contributed by atoms with van der Waals surface area (Å²) in [7, 11) is 0. The van der Waals surface area contributed by atoms with Crippen LogP contribution in [-0.4, -0.2) is 39.5 Å². The summed E-state index contributed by atoms with van der Waals surface area (Å²) in [6.45, 7) is 6.82. The predicted molar refractivity (Wildman–Crippen MR) is 78.6 cm³/mol. The van der Waals surface area contributed by atoms with Gasteiger partial charge in [0.2, 0.25) is 0 Å². The fourth-order valence-corrected chi connectivity index (χ4v) is 1.60. The number of aliphatic hydroxyl groups excluding tert-OH is 2. The lowest BCUT2D eigenvalue weighted by Gasteiger charge is -2.22. The molecule has 0 aliphatic carbocycles. The molecule has 0 radical (unpaired) electrons. The number of amides is 1. The molecule has 118 valence electrons. The Balaban J connectivity index is 2.56. The van der Waals surface area contributed by atoms with E-state index in [1.807, 2.05) is 0 Å². The first-order valence-corrected chi connectivity index (χ1v) is 6.65. The zero-order valence-electron chi connectivity index (χ0n) is 12.8. The average molecular weight is 297 g/mol. The fraction of sp³-hybridized carbons (Fsp3) is 0.571. The summed E-state index contributed by atoms with van der Waals surface area (Å²) < 4.78 is 5.04. The highest BCUT2D eigenvalue weighted by molar-refractivity contribution is 5.67. The lowest BCUT2D eigenvalue weighted by Crippen LogP contribution is -2.38. The molecule has 0 saturated heterocycles. The highest BCUT2D eigenvalue weighted by atomic mass is 16.6. The van der Waals surface area contributed by atoms with Crippen molar-refractivity contribution in [1.82, 2.24) is 10.3 Å². The Morgan fingerprint density at radius 3 is 2.62 bits per heavy atom. The van der Waals surface area contributed by atoms with Crippen molar-refractivity contribution >= 4 is 11.9 Å². The summed E-state index contributed by atoms with van der Waals surface area (Å²) >= 11 is 0. The van der Waals surface area contributed by atoms with Gasteiger partial charge in [0.1, 0.15) is 23.6 Å². The minimum atomic E-state index is -1.18. The van der Waals surface area contributed by atoms with E-state index in [-0.39, 0.29) is 6.54 Å². The van der Waals surface area contributed by atoms with E-state index in [2.05, 4.69) is 10.3 Å². The van der Waals surface area contributed by atoms with Crippen molar-refractivity contribution in [1.29, 1.82) is 0 Å². The van der Waals surface area contributed by atoms with Crippen LogP contribution in [0.3, 0.4) is 0 Å². The summed E-state index contributed by atoms with van der Waals surface area (Å²) in [4.78, 5) is 15.4. The van der Waals surface area contributed by atoms with E-state index in [0.717, 1.165) is 0 Å². The van der Waals surface area contributed by atoms with Crippen LogP contribution in [0.1, 0.15) is 38.0 Å². The van der Waals surface area contributed by atoms with Gasteiger partial charge in [-0.3, -0.25) is 0 Å². The van der Waals surface area contributed by atoms with Crippen molar-refractivity contribution in [3.63, 3.8) is 0 Å². The Labute approximate surface area is 124 Å². The maximum Gasteiger partial charge on any atom is 0.407 e. The predicted octanol–water partition coefficient (Wildman–Crippen LogP) is 0.891. The van der Waals surface area contributed by atoms with Gasteiger partial charge in [-0.25, -0.2) is 9.78 Å². The molecule has 1 aromatic rings. The van der Waals surface area contributed by atoms with Crippen LogP contribution in [0.15, 0.2) is 12.3 Å². The summed E-state index contributed by atoms with van der Waals surface area (Å²) in [5.41, 5.74) is 6.11. The molecule has 1 aromatic heterocycles. The number of ether oxygens (including phenoxy) is 1. The molecule has 0 aromatic carbocycles. The van der Waals surface area contributed by atoms with Crippen LogP contribution in [0.5, 0.6) is 0 Å². The first-order valence-electron chi connectivity index (χ1n) is 6.65. The van der Waals surface area contributed by atoms with Gasteiger partial charge < -0.3 is 26.0 Å². The molecule has 0 bridgehead atoms. The van der Waals surface area contributed by atoms with Crippen molar-refractivity contribution in [2.45, 2.75) is 45.5 Å². The third-order valence-corrected chi connectivity index (χ3v) is 2.70. The number of alkyl carbamates (subject to hydrolysis) is 1. The number of nitrogens with one attached hydrogen (secondary N) is 1. The number of aromatic nitrogens is 1. The molecule has 0 fully saturated rings. The van der Waals surface area contributed by atoms with Crippen LogP contribution in [-0.2, 0) is 4.74 Å². The van der Waals surface area contributed by atoms with Crippen LogP contribution < -0.4 is 11.1 Å². The van der Waals surface area contributed by atoms with Crippen molar-refractivity contribution in [2.24, 2.45) is 0 Å². The molecular formula is C14H23N3O4. The zero-order chi connectivity index (χ0) is 16.2. The van der Waals surface area contributed by atoms with Gasteiger partial charge in [0.05, 0.1) is 0 Å². The molecule has 0 aliphatic rings. The van der Waals surface area contributed by atoms with E-state index < -0.39 is 23.9 Å². The number of pyridine rings is 1. The Hall–Kier alpha value is -1.86. The third kappa shape index (κ3) is 5.57. The number of aryl methyl sites for hydroxylation is 1. The fourth-order valence-electron chi connectivity index (χ4n) is 1.60. The Morgan fingerprint density at radius 1 is 1.48 bits per heavy atom. The van der Waals surface area contributed by atoms with Crippen LogP contribution in [0, 0.1) is 6.92 Å². The number of carbonyl (C=O) groups is 1. The van der Waals surface area contributed by atoms with E-state index in [4.69, 9.17) is 10.5 Å². The van der Waals surface area contributed by atoms with Gasteiger partial charge in [-0.1, -0.05) is 0 Å². The second-order valence-electron chi connectivity index (χ2n) is 5.87. The quantitative estimate of drug-likeness (QED) is 0.655. The number of nitrogens with zero attached hydrogens (tertiary/aromatic N) is 1. The molecule has 5 N–H and O–H groups in total. The molecule has 2 unspecified atom stereocenters. The molecule has 0 saturated carbocycles. The van der Waals surface area contributed by atoms with Gasteiger partial charge in [-0.05, 0) is 39.3 Å². The van der Waals surface area contributed by atoms with Gasteiger partial charge in [-0.2, -0.15) is 0 Å². The zero-order valence-corrected chi connectivity index (χ0v) is 12.8. The first-order chi connectivity index (χ1) is 9.60. The summed E-state index contributed by atoms with van der Waals surface area (Å²) in [5.74, 6) is 0.368. The number of hydrogen-bond acceptors (Lipinski definition) is 6. The second-order valence-corrected chi connectivity index (χ2v) is 5.87. The standard InChI is InChI=1S/C14H23N3O4/c1-8-5-9(6-16-12(8)15)11(19)10(18)7-17-13(20)21-14(2,3)4/h5-6,10-11,18-19H,7H2,1-4H3,(H2,15,16)(H,17,20). The average Bonchev–Trinajstić information content (AvgIpc) is 2.36. The number of carbonyl (C=O) groups excluding carboxylic acids is 1. The number of rotatable bonds is 4. The summed E-state index contributed by atoms with van der Waals surface area (Å²) in [5, 5.41) is 22.3. The minimum absolute atomic E-state index is 0.139. The SMILES string of the molecule is Cc1cc(C(O)C(O)CNC(=O)OC(C)(C)C)cnc1N. The van der Waals surface area contributed by atoms with Crippen molar-refractivity contribution in [3.05, 3.63) is 23.4 Å². The maximum atomic E-state index is 11.5. The Bertz CT molecular complexity index is 499. The molecule has 1 rings (SSSR count). The topological polar surface area (TPSA) is 118 Å². The maximum absolute atomic E-state index is 11.5. The van der Waals surface area contributed by atoms with E-state index >= 15 is 0 Å². The number of nitrogen functional groups attached to an aromatic ring is 1. The normalized spacial score (nSPS) is 14.4. The van der Waals surface area contributed by atoms with Crippen LogP contribution in [0.4, 0.5) is 10.6 Å². The molecule has 0 spiro atoms. The van der Waals surface area contributed by atoms with Crippen LogP contribution in [0.2, 0.25) is 0 Å². The minimum Gasteiger partial charge on any atom is -0.444 e. The molecule has 7 nitrogen and oxygen atoms in total. The number of anilines is 1. The largest absolute Gasteiger partial charge is 0.444 e. The van der Waals surface area contributed by atoms with Gasteiger partial charge in [0, 0.05) is 18.3 Å². The highest BCUT2D eigenvalue weighted by Crippen LogP contribution is 2.19. The molecule has 7 heteroatoms. The van der Waals surface area contributed by atoms with Gasteiger partial charge in [0.25, 0.3) is 0 Å². The summed E-state index contributed by atoms with van der Waals surface area (Å²) in [6.07, 6.45) is -1.61. The van der Waals surface area contributed by atoms with E-state index in [9.17, 15) is 15.0 Å². The van der Waals surface area contributed by atoms with E-state index in [0.29, 0.717) is 16.9 Å². The molecule has 0 aliphatic heterocycles. The monoisotopic (exact) mass is 297 g/mol. The lowest BCUT2D eigenvalue weighted by atomic mass is 10.0. The molecular weight excluding hydrogens is 274 g/mol. The van der Waals surface area contributed by atoms with Crippen molar-refractivity contribution < 1.29 is 19.7 Å². The lowest BCUT2D eigenvalue weighted by molar-refractivity contribution is 0.0128. The molecule has 2 atom stereocenters. The first kappa shape index (κ1) is 17.2. The van der Waals surface area contributed by atoms with Gasteiger partial charge in [-0.15, -0.1) is 0 Å². The highest BCUT2D eigenvalue weighted by Gasteiger charge is 2.22. The third-order valence-electron chi connectivity index (χ3n) is 2.70. The number of aliphatic hydroxyl groups is 2. The van der Waals surface area contributed by atoms with Crippen molar-refractivity contribution in [2.75, 3.05) is 12.3 Å². The van der Waals surface area contributed by atoms with Crippen LogP contribution >= 0.6 is 0 Å². The van der Waals surface area contributed by atoms with Gasteiger partial charge >= 0.3 is 6.09 Å². The molecule has 1 amide bonds. The number of hydrogen-bond donors (Lipinski definition) is 4.